The van der Waals surface area contributed by atoms with Gasteiger partial charge in [0.05, 0.1) is 0 Å². The molecule has 0 radical (unpaired) electrons. The van der Waals surface area contributed by atoms with Gasteiger partial charge < -0.3 is 5.73 Å². The Morgan fingerprint density at radius 2 is 1.90 bits per heavy atom. The van der Waals surface area contributed by atoms with Gasteiger partial charge in [-0.05, 0) is 36.3 Å². The van der Waals surface area contributed by atoms with Crippen LogP contribution in [-0.4, -0.2) is 24.0 Å². The van der Waals surface area contributed by atoms with E-state index in [0.717, 1.165) is 12.3 Å². The first-order chi connectivity index (χ1) is 9.43. The smallest absolute Gasteiger partial charge is 0.0453 e. The number of nitrogens with two attached hydrogens (primary N) is 1. The van der Waals surface area contributed by atoms with Gasteiger partial charge in [-0.1, -0.05) is 58.0 Å². The van der Waals surface area contributed by atoms with Gasteiger partial charge in [0.1, 0.15) is 0 Å². The van der Waals surface area contributed by atoms with Crippen LogP contribution in [0, 0.1) is 11.3 Å². The zero-order valence-electron chi connectivity index (χ0n) is 13.5. The Labute approximate surface area is 124 Å². The van der Waals surface area contributed by atoms with Gasteiger partial charge in [-0.3, -0.25) is 4.90 Å². The van der Waals surface area contributed by atoms with Gasteiger partial charge in [0.25, 0.3) is 0 Å². The summed E-state index contributed by atoms with van der Waals surface area (Å²) in [4.78, 5) is 2.62. The number of hydrogen-bond acceptors (Lipinski definition) is 2. The molecule has 0 amide bonds. The molecule has 0 spiro atoms. The van der Waals surface area contributed by atoms with Crippen molar-refractivity contribution in [2.75, 3.05) is 13.1 Å². The normalized spacial score (nSPS) is 23.8. The molecule has 2 heteroatoms. The molecule has 112 valence electrons. The van der Waals surface area contributed by atoms with Crippen LogP contribution in [0.2, 0.25) is 0 Å². The molecule has 1 aliphatic rings. The van der Waals surface area contributed by atoms with Crippen molar-refractivity contribution in [3.05, 3.63) is 35.9 Å². The molecule has 1 fully saturated rings. The summed E-state index contributed by atoms with van der Waals surface area (Å²) in [7, 11) is 0. The first-order valence-corrected chi connectivity index (χ1v) is 7.98. The Morgan fingerprint density at radius 1 is 1.25 bits per heavy atom. The van der Waals surface area contributed by atoms with E-state index >= 15 is 0 Å². The van der Waals surface area contributed by atoms with E-state index in [1.54, 1.807) is 0 Å². The SMILES string of the molecule is CCC(C(N)c1ccccc1)N1CCC(C(C)(C)C)C1. The first kappa shape index (κ1) is 15.5. The molecule has 2 rings (SSSR count). The topological polar surface area (TPSA) is 29.3 Å². The minimum absolute atomic E-state index is 0.125. The second-order valence-electron chi connectivity index (χ2n) is 7.26. The van der Waals surface area contributed by atoms with E-state index in [4.69, 9.17) is 5.73 Å². The van der Waals surface area contributed by atoms with Crippen molar-refractivity contribution in [3.63, 3.8) is 0 Å². The number of rotatable bonds is 4. The van der Waals surface area contributed by atoms with Gasteiger partial charge >= 0.3 is 0 Å². The van der Waals surface area contributed by atoms with Crippen LogP contribution in [-0.2, 0) is 0 Å². The van der Waals surface area contributed by atoms with Crippen LogP contribution >= 0.6 is 0 Å². The quantitative estimate of drug-likeness (QED) is 0.904. The van der Waals surface area contributed by atoms with Crippen LogP contribution in [0.4, 0.5) is 0 Å². The highest BCUT2D eigenvalue weighted by Crippen LogP contribution is 2.36. The van der Waals surface area contributed by atoms with E-state index in [-0.39, 0.29) is 6.04 Å². The maximum absolute atomic E-state index is 6.54. The van der Waals surface area contributed by atoms with Crippen molar-refractivity contribution in [2.45, 2.75) is 52.6 Å². The van der Waals surface area contributed by atoms with Crippen molar-refractivity contribution < 1.29 is 0 Å². The predicted octanol–water partition coefficient (Wildman–Crippen LogP) is 3.83. The summed E-state index contributed by atoms with van der Waals surface area (Å²) in [5.41, 5.74) is 8.21. The van der Waals surface area contributed by atoms with Crippen molar-refractivity contribution in [2.24, 2.45) is 17.1 Å². The van der Waals surface area contributed by atoms with Crippen LogP contribution in [0.3, 0.4) is 0 Å². The molecule has 0 saturated carbocycles. The predicted molar refractivity (Wildman–Crippen MR) is 86.6 cm³/mol. The second kappa shape index (κ2) is 6.28. The van der Waals surface area contributed by atoms with E-state index in [9.17, 15) is 0 Å². The summed E-state index contributed by atoms with van der Waals surface area (Å²) in [6.07, 6.45) is 2.43. The third kappa shape index (κ3) is 3.42. The molecule has 0 aromatic heterocycles. The Balaban J connectivity index is 2.06. The number of benzene rings is 1. The average molecular weight is 274 g/mol. The summed E-state index contributed by atoms with van der Waals surface area (Å²) >= 11 is 0. The molecule has 1 aromatic carbocycles. The van der Waals surface area contributed by atoms with Crippen LogP contribution in [0.1, 0.15) is 52.1 Å². The summed E-state index contributed by atoms with van der Waals surface area (Å²) in [6.45, 7) is 11.7. The molecule has 2 N–H and O–H groups in total. The molecule has 1 saturated heterocycles. The van der Waals surface area contributed by atoms with Crippen LogP contribution in [0.25, 0.3) is 0 Å². The Bertz CT molecular complexity index is 407. The minimum atomic E-state index is 0.125. The molecule has 20 heavy (non-hydrogen) atoms. The zero-order valence-corrected chi connectivity index (χ0v) is 13.5. The lowest BCUT2D eigenvalue weighted by Crippen LogP contribution is -2.41. The van der Waals surface area contributed by atoms with E-state index in [0.29, 0.717) is 11.5 Å². The minimum Gasteiger partial charge on any atom is -0.323 e. The van der Waals surface area contributed by atoms with E-state index in [1.165, 1.54) is 25.1 Å². The number of hydrogen-bond donors (Lipinski definition) is 1. The van der Waals surface area contributed by atoms with Crippen LogP contribution in [0.15, 0.2) is 30.3 Å². The summed E-state index contributed by atoms with van der Waals surface area (Å²) in [5.74, 6) is 0.791. The fourth-order valence-corrected chi connectivity index (χ4v) is 3.43. The summed E-state index contributed by atoms with van der Waals surface area (Å²) < 4.78 is 0. The van der Waals surface area contributed by atoms with Crippen LogP contribution in [0.5, 0.6) is 0 Å². The van der Waals surface area contributed by atoms with E-state index in [1.807, 2.05) is 0 Å². The lowest BCUT2D eigenvalue weighted by atomic mass is 9.80. The molecular weight excluding hydrogens is 244 g/mol. The molecule has 2 nitrogen and oxygen atoms in total. The van der Waals surface area contributed by atoms with Crippen molar-refractivity contribution in [1.29, 1.82) is 0 Å². The first-order valence-electron chi connectivity index (χ1n) is 7.98. The molecule has 1 aromatic rings. The Kier molecular flexibility index (Phi) is 4.87. The van der Waals surface area contributed by atoms with Crippen molar-refractivity contribution in [1.82, 2.24) is 4.90 Å². The zero-order chi connectivity index (χ0) is 14.8. The van der Waals surface area contributed by atoms with Gasteiger partial charge in [0, 0.05) is 18.6 Å². The molecule has 0 bridgehead atoms. The molecule has 3 atom stereocenters. The second-order valence-corrected chi connectivity index (χ2v) is 7.26. The lowest BCUT2D eigenvalue weighted by molar-refractivity contribution is 0.172. The fraction of sp³-hybridized carbons (Fsp3) is 0.667. The maximum atomic E-state index is 6.54. The molecular formula is C18H30N2. The highest BCUT2D eigenvalue weighted by molar-refractivity contribution is 5.20. The third-order valence-corrected chi connectivity index (χ3v) is 4.93. The monoisotopic (exact) mass is 274 g/mol. The summed E-state index contributed by atoms with van der Waals surface area (Å²) in [5, 5.41) is 0. The third-order valence-electron chi connectivity index (χ3n) is 4.93. The summed E-state index contributed by atoms with van der Waals surface area (Å²) in [6, 6.07) is 11.1. The Hall–Kier alpha value is -0.860. The molecule has 3 unspecified atom stereocenters. The lowest BCUT2D eigenvalue weighted by Gasteiger charge is -2.34. The van der Waals surface area contributed by atoms with Gasteiger partial charge in [0.2, 0.25) is 0 Å². The van der Waals surface area contributed by atoms with Gasteiger partial charge in [-0.25, -0.2) is 0 Å². The van der Waals surface area contributed by atoms with Gasteiger partial charge in [0.15, 0.2) is 0 Å². The van der Waals surface area contributed by atoms with Gasteiger partial charge in [-0.2, -0.15) is 0 Å². The van der Waals surface area contributed by atoms with Crippen molar-refractivity contribution in [3.8, 4) is 0 Å². The highest BCUT2D eigenvalue weighted by Gasteiger charge is 2.36. The highest BCUT2D eigenvalue weighted by atomic mass is 15.2. The largest absolute Gasteiger partial charge is 0.323 e. The molecule has 1 heterocycles. The number of likely N-dealkylation sites (tertiary alicyclic amines) is 1. The average Bonchev–Trinajstić information content (AvgIpc) is 2.90. The van der Waals surface area contributed by atoms with E-state index < -0.39 is 0 Å². The van der Waals surface area contributed by atoms with Crippen LogP contribution < -0.4 is 5.73 Å². The van der Waals surface area contributed by atoms with Gasteiger partial charge in [-0.15, -0.1) is 0 Å². The number of nitrogens with zero attached hydrogens (tertiary/aromatic N) is 1. The molecule has 1 aliphatic heterocycles. The standard InChI is InChI=1S/C18H30N2/c1-5-16(17(19)14-9-7-6-8-10-14)20-12-11-15(13-20)18(2,3)4/h6-10,15-17H,5,11-13,19H2,1-4H3. The maximum Gasteiger partial charge on any atom is 0.0453 e. The molecule has 0 aliphatic carbocycles. The Morgan fingerprint density at radius 3 is 2.40 bits per heavy atom. The van der Waals surface area contributed by atoms with E-state index in [2.05, 4.69) is 62.9 Å². The fourth-order valence-electron chi connectivity index (χ4n) is 3.43. The van der Waals surface area contributed by atoms with Crippen molar-refractivity contribution >= 4 is 0 Å².